The first kappa shape index (κ1) is 45.5. The number of ether oxygens (including phenoxy) is 4. The third-order valence-electron chi connectivity index (χ3n) is 12.1. The fourth-order valence-corrected chi connectivity index (χ4v) is 9.26. The van der Waals surface area contributed by atoms with Crippen LogP contribution in [0.15, 0.2) is 143 Å². The van der Waals surface area contributed by atoms with Crippen LogP contribution in [0.4, 0.5) is 17.1 Å². The lowest BCUT2D eigenvalue weighted by molar-refractivity contribution is -0.403. The Bertz CT molecular complexity index is 3190. The van der Waals surface area contributed by atoms with Gasteiger partial charge in [-0.3, -0.25) is 0 Å². The first-order valence-corrected chi connectivity index (χ1v) is 23.4. The largest absolute Gasteiger partial charge is 0.744 e. The van der Waals surface area contributed by atoms with E-state index >= 15 is 0 Å². The minimum absolute atomic E-state index is 0.294. The predicted octanol–water partition coefficient (Wildman–Crippen LogP) is 10.2. The van der Waals surface area contributed by atoms with Crippen LogP contribution in [0.5, 0.6) is 23.0 Å². The van der Waals surface area contributed by atoms with E-state index in [2.05, 4.69) is 60.6 Å². The lowest BCUT2D eigenvalue weighted by atomic mass is 9.93. The quantitative estimate of drug-likeness (QED) is 0.0677. The molecule has 10 nitrogen and oxygen atoms in total. The van der Waals surface area contributed by atoms with Gasteiger partial charge in [0.05, 0.1) is 39.4 Å². The van der Waals surface area contributed by atoms with Crippen LogP contribution in [0.1, 0.15) is 46.2 Å². The van der Waals surface area contributed by atoms with Crippen LogP contribution in [0.3, 0.4) is 0 Å². The van der Waals surface area contributed by atoms with Gasteiger partial charge < -0.3 is 33.2 Å². The summed E-state index contributed by atoms with van der Waals surface area (Å²) in [7, 11) is 1.88. The lowest BCUT2D eigenvalue weighted by Gasteiger charge is -2.19. The van der Waals surface area contributed by atoms with Gasteiger partial charge in [-0.2, -0.15) is 0 Å². The normalized spacial score (nSPS) is 11.8. The Kier molecular flexibility index (Phi) is 13.8. The zero-order valence-electron chi connectivity index (χ0n) is 38.1. The summed E-state index contributed by atoms with van der Waals surface area (Å²) in [6.07, 6.45) is 5.23. The number of fused-ring (bicyclic) bond motifs is 2. The molecule has 0 saturated heterocycles. The van der Waals surface area contributed by atoms with Crippen LogP contribution in [0.25, 0.3) is 33.4 Å². The number of hydrogen-bond donors (Lipinski definition) is 2. The zero-order valence-corrected chi connectivity index (χ0v) is 38.9. The molecule has 1 heterocycles. The number of rotatable bonds is 17. The number of anilines is 2. The molecule has 0 atom stereocenters. The monoisotopic (exact) mass is 902 g/mol. The minimum Gasteiger partial charge on any atom is -0.744 e. The number of hydrogen-bond acceptors (Lipinski definition) is 9. The highest BCUT2D eigenvalue weighted by atomic mass is 32.2. The smallest absolute Gasteiger partial charge is 0.207 e. The highest BCUT2D eigenvalue weighted by Crippen LogP contribution is 2.43. The molecule has 1 aliphatic heterocycles. The van der Waals surface area contributed by atoms with E-state index in [1.165, 1.54) is 17.2 Å². The summed E-state index contributed by atoms with van der Waals surface area (Å²) in [4.78, 5) is 3.32. The van der Waals surface area contributed by atoms with Gasteiger partial charge in [0.2, 0.25) is 11.0 Å². The van der Waals surface area contributed by atoms with Crippen molar-refractivity contribution in [3.63, 3.8) is 0 Å². The standard InChI is InChI=1S/C55H54N2O8S/c1-35-17-19-37(11-9-13-39-31-43(61-3)23-27-50(39)63-5)29-48(35)56-41-21-25-45-52(33-41)65-53-34-42(22-26-46(53)55(45)47-15-7-8-16-54(47)66(58,59)60)57-49-30-38(20-18-36(49)2)12-10-14-40-32-44(62-4)24-28-51(40)64-6/h7-8,15-34,56H,9-14H2,1-6H3,(H,58,59,60). The molecule has 0 spiro atoms. The highest BCUT2D eigenvalue weighted by Gasteiger charge is 2.22. The van der Waals surface area contributed by atoms with E-state index in [0.717, 1.165) is 106 Å². The van der Waals surface area contributed by atoms with Crippen molar-refractivity contribution < 1.29 is 41.3 Å². The SMILES string of the molecule is COc1ccc(OC)c(CCCc2ccc(C)c(Nc3ccc4c(-c5ccccc5S(=O)(=O)[O-])c5ccc(=[NH+]c6cc(CCCc7cc(OC)ccc7OC)ccc6C)cc-5oc4c3)c2)c1. The van der Waals surface area contributed by atoms with Crippen LogP contribution >= 0.6 is 0 Å². The summed E-state index contributed by atoms with van der Waals surface area (Å²) in [5.74, 6) is 3.82. The molecule has 2 aliphatic rings. The Balaban J connectivity index is 1.12. The predicted molar refractivity (Wildman–Crippen MR) is 259 cm³/mol. The molecule has 2 N–H and O–H groups in total. The summed E-state index contributed by atoms with van der Waals surface area (Å²) in [5, 5.41) is 5.06. The molecule has 0 fully saturated rings. The second kappa shape index (κ2) is 20.0. The van der Waals surface area contributed by atoms with Crippen molar-refractivity contribution in [3.8, 4) is 45.4 Å². The van der Waals surface area contributed by atoms with Gasteiger partial charge in [0.15, 0.2) is 0 Å². The number of aryl methyl sites for hydroxylation is 6. The van der Waals surface area contributed by atoms with Crippen molar-refractivity contribution in [1.29, 1.82) is 0 Å². The van der Waals surface area contributed by atoms with E-state index in [1.807, 2.05) is 72.8 Å². The maximum Gasteiger partial charge on any atom is 0.207 e. The topological polar surface area (TPSA) is 133 Å². The average molecular weight is 903 g/mol. The summed E-state index contributed by atoms with van der Waals surface area (Å²) < 4.78 is 66.9. The van der Waals surface area contributed by atoms with Crippen LogP contribution < -0.4 is 34.6 Å². The lowest BCUT2D eigenvalue weighted by Crippen LogP contribution is -2.70. The second-order valence-corrected chi connectivity index (χ2v) is 17.8. The second-order valence-electron chi connectivity index (χ2n) is 16.5. The van der Waals surface area contributed by atoms with Crippen LogP contribution in [0.2, 0.25) is 0 Å². The van der Waals surface area contributed by atoms with Crippen molar-refractivity contribution in [1.82, 2.24) is 0 Å². The third-order valence-corrected chi connectivity index (χ3v) is 13.0. The maximum absolute atomic E-state index is 12.7. The zero-order chi connectivity index (χ0) is 46.4. The molecule has 6 aromatic rings. The van der Waals surface area contributed by atoms with Crippen molar-refractivity contribution in [2.75, 3.05) is 33.8 Å². The summed E-state index contributed by atoms with van der Waals surface area (Å²) in [6, 6.07) is 42.5. The van der Waals surface area contributed by atoms with E-state index < -0.39 is 10.1 Å². The Labute approximate surface area is 386 Å². The van der Waals surface area contributed by atoms with Gasteiger partial charge in [0.1, 0.15) is 44.5 Å². The molecule has 66 heavy (non-hydrogen) atoms. The van der Waals surface area contributed by atoms with Crippen LogP contribution in [-0.2, 0) is 35.8 Å². The number of benzene rings is 7. The first-order chi connectivity index (χ1) is 31.9. The fourth-order valence-electron chi connectivity index (χ4n) is 8.58. The molecular weight excluding hydrogens is 849 g/mol. The average Bonchev–Trinajstić information content (AvgIpc) is 3.32. The molecular formula is C55H54N2O8S. The molecule has 0 amide bonds. The Morgan fingerprint density at radius 2 is 1.24 bits per heavy atom. The molecule has 0 aromatic heterocycles. The Morgan fingerprint density at radius 3 is 1.88 bits per heavy atom. The van der Waals surface area contributed by atoms with Crippen molar-refractivity contribution in [3.05, 3.63) is 172 Å². The molecule has 0 radical (unpaired) electrons. The van der Waals surface area contributed by atoms with Gasteiger partial charge in [0.25, 0.3) is 0 Å². The van der Waals surface area contributed by atoms with E-state index in [-0.39, 0.29) is 4.90 Å². The van der Waals surface area contributed by atoms with E-state index in [9.17, 15) is 13.0 Å². The fraction of sp³-hybridized carbons (Fsp3) is 0.218. The first-order valence-electron chi connectivity index (χ1n) is 22.0. The molecule has 0 unspecified atom stereocenters. The van der Waals surface area contributed by atoms with Crippen molar-refractivity contribution >= 4 is 38.1 Å². The maximum atomic E-state index is 12.7. The van der Waals surface area contributed by atoms with Gasteiger partial charge in [0, 0.05) is 57.2 Å². The summed E-state index contributed by atoms with van der Waals surface area (Å²) in [6.45, 7) is 4.13. The molecule has 11 heteroatoms. The van der Waals surface area contributed by atoms with Crippen LogP contribution in [-0.4, -0.2) is 41.4 Å². The van der Waals surface area contributed by atoms with Gasteiger partial charge >= 0.3 is 0 Å². The van der Waals surface area contributed by atoms with E-state index in [4.69, 9.17) is 23.4 Å². The van der Waals surface area contributed by atoms with E-state index in [1.54, 1.807) is 46.6 Å². The molecule has 0 bridgehead atoms. The summed E-state index contributed by atoms with van der Waals surface area (Å²) >= 11 is 0. The van der Waals surface area contributed by atoms with Crippen LogP contribution in [0, 0.1) is 13.8 Å². The molecule has 8 rings (SSSR count). The molecule has 338 valence electrons. The molecule has 6 aromatic carbocycles. The highest BCUT2D eigenvalue weighted by molar-refractivity contribution is 7.85. The van der Waals surface area contributed by atoms with Gasteiger partial charge in [-0.15, -0.1) is 0 Å². The van der Waals surface area contributed by atoms with Crippen molar-refractivity contribution in [2.24, 2.45) is 0 Å². The minimum atomic E-state index is -4.82. The van der Waals surface area contributed by atoms with Gasteiger partial charge in [-0.25, -0.2) is 13.4 Å². The van der Waals surface area contributed by atoms with Crippen molar-refractivity contribution in [2.45, 2.75) is 57.3 Å². The number of nitrogens with one attached hydrogen (secondary N) is 2. The Hall–Kier alpha value is -7.08. The molecule has 0 saturated carbocycles. The third kappa shape index (κ3) is 10.2. The number of methoxy groups -OCH3 is 4. The van der Waals surface area contributed by atoms with E-state index in [0.29, 0.717) is 33.4 Å². The van der Waals surface area contributed by atoms with Gasteiger partial charge in [-0.1, -0.05) is 42.5 Å². The molecule has 1 aliphatic carbocycles. The summed E-state index contributed by atoms with van der Waals surface area (Å²) in [5.41, 5.74) is 11.5. The Morgan fingerprint density at radius 1 is 0.606 bits per heavy atom. The van der Waals surface area contributed by atoms with Gasteiger partial charge in [-0.05, 0) is 147 Å².